The van der Waals surface area contributed by atoms with Crippen LogP contribution in [0, 0.1) is 10.1 Å². The lowest BCUT2D eigenvalue weighted by atomic mass is 10.2. The van der Waals surface area contributed by atoms with Crippen molar-refractivity contribution in [1.82, 2.24) is 9.80 Å². The highest BCUT2D eigenvalue weighted by Crippen LogP contribution is 2.23. The van der Waals surface area contributed by atoms with Gasteiger partial charge in [0.15, 0.2) is 0 Å². The molecule has 0 aliphatic carbocycles. The van der Waals surface area contributed by atoms with E-state index in [9.17, 15) is 14.9 Å². The van der Waals surface area contributed by atoms with Crippen molar-refractivity contribution in [2.24, 2.45) is 0 Å². The molecule has 1 aliphatic heterocycles. The fourth-order valence-corrected chi connectivity index (χ4v) is 3.23. The van der Waals surface area contributed by atoms with E-state index in [0.717, 1.165) is 38.5 Å². The van der Waals surface area contributed by atoms with Gasteiger partial charge in [-0.3, -0.25) is 24.7 Å². The van der Waals surface area contributed by atoms with Gasteiger partial charge < -0.3 is 10.1 Å². The molecule has 8 heteroatoms. The Labute approximate surface area is 163 Å². The van der Waals surface area contributed by atoms with Gasteiger partial charge in [-0.05, 0) is 23.8 Å². The van der Waals surface area contributed by atoms with Crippen LogP contribution in [-0.2, 0) is 11.3 Å². The number of hydrogen-bond donors (Lipinski definition) is 1. The molecule has 1 fully saturated rings. The molecule has 148 valence electrons. The van der Waals surface area contributed by atoms with Crippen molar-refractivity contribution in [3.63, 3.8) is 0 Å². The summed E-state index contributed by atoms with van der Waals surface area (Å²) in [5, 5.41) is 13.7. The van der Waals surface area contributed by atoms with Gasteiger partial charge in [0.1, 0.15) is 11.4 Å². The van der Waals surface area contributed by atoms with Gasteiger partial charge in [0.05, 0.1) is 18.6 Å². The molecule has 1 heterocycles. The van der Waals surface area contributed by atoms with Crippen molar-refractivity contribution in [3.8, 4) is 5.75 Å². The fourth-order valence-electron chi connectivity index (χ4n) is 3.23. The van der Waals surface area contributed by atoms with Gasteiger partial charge in [0, 0.05) is 38.8 Å². The minimum Gasteiger partial charge on any atom is -0.497 e. The molecule has 0 atom stereocenters. The summed E-state index contributed by atoms with van der Waals surface area (Å²) in [4.78, 5) is 27.3. The van der Waals surface area contributed by atoms with E-state index in [0.29, 0.717) is 0 Å². The van der Waals surface area contributed by atoms with Crippen LogP contribution in [0.2, 0.25) is 0 Å². The summed E-state index contributed by atoms with van der Waals surface area (Å²) >= 11 is 0. The normalized spacial score (nSPS) is 15.2. The van der Waals surface area contributed by atoms with Gasteiger partial charge >= 0.3 is 0 Å². The Morgan fingerprint density at radius 1 is 1.07 bits per heavy atom. The Balaban J connectivity index is 1.46. The molecule has 0 aromatic heterocycles. The number of hydrogen-bond acceptors (Lipinski definition) is 6. The Kier molecular flexibility index (Phi) is 6.57. The lowest BCUT2D eigenvalue weighted by molar-refractivity contribution is -0.383. The number of carbonyl (C=O) groups excluding carboxylic acids is 1. The number of para-hydroxylation sites is 2. The topological polar surface area (TPSA) is 88.0 Å². The van der Waals surface area contributed by atoms with Crippen LogP contribution in [-0.4, -0.2) is 60.5 Å². The molecule has 2 aromatic carbocycles. The predicted octanol–water partition coefficient (Wildman–Crippen LogP) is 2.36. The fraction of sp³-hybridized carbons (Fsp3) is 0.350. The van der Waals surface area contributed by atoms with Gasteiger partial charge in [0.2, 0.25) is 5.91 Å². The summed E-state index contributed by atoms with van der Waals surface area (Å²) in [6.45, 7) is 4.37. The van der Waals surface area contributed by atoms with E-state index in [1.165, 1.54) is 11.6 Å². The highest BCUT2D eigenvalue weighted by atomic mass is 16.6. The highest BCUT2D eigenvalue weighted by molar-refractivity contribution is 5.94. The molecule has 2 aromatic rings. The average Bonchev–Trinajstić information content (AvgIpc) is 2.70. The number of benzene rings is 2. The lowest BCUT2D eigenvalue weighted by Gasteiger charge is -2.34. The second-order valence-corrected chi connectivity index (χ2v) is 6.72. The third-order valence-corrected chi connectivity index (χ3v) is 4.77. The van der Waals surface area contributed by atoms with Crippen LogP contribution < -0.4 is 10.1 Å². The number of nitrogens with one attached hydrogen (secondary N) is 1. The number of rotatable bonds is 7. The SMILES string of the molecule is COc1ccc(CN2CCN(CC(=O)Nc3ccccc3[N+](=O)[O-])CC2)cc1. The molecule has 1 aliphatic rings. The van der Waals surface area contributed by atoms with Gasteiger partial charge in [-0.15, -0.1) is 0 Å². The Morgan fingerprint density at radius 3 is 2.36 bits per heavy atom. The summed E-state index contributed by atoms with van der Waals surface area (Å²) in [5.41, 5.74) is 1.36. The molecule has 1 N–H and O–H groups in total. The Bertz CT molecular complexity index is 817. The molecule has 0 unspecified atom stereocenters. The Morgan fingerprint density at radius 2 is 1.71 bits per heavy atom. The minimum atomic E-state index is -0.493. The summed E-state index contributed by atoms with van der Waals surface area (Å²) in [7, 11) is 1.65. The van der Waals surface area contributed by atoms with Crippen molar-refractivity contribution in [2.75, 3.05) is 45.2 Å². The molecule has 0 bridgehead atoms. The van der Waals surface area contributed by atoms with Gasteiger partial charge in [-0.1, -0.05) is 24.3 Å². The maximum Gasteiger partial charge on any atom is 0.292 e. The number of anilines is 1. The quantitative estimate of drug-likeness (QED) is 0.582. The second kappa shape index (κ2) is 9.29. The first kappa shape index (κ1) is 19.8. The summed E-state index contributed by atoms with van der Waals surface area (Å²) < 4.78 is 5.18. The molecular formula is C20H24N4O4. The Hall–Kier alpha value is -2.97. The van der Waals surface area contributed by atoms with E-state index in [-0.39, 0.29) is 23.8 Å². The number of nitrogens with zero attached hydrogens (tertiary/aromatic N) is 3. The van der Waals surface area contributed by atoms with Crippen molar-refractivity contribution < 1.29 is 14.5 Å². The summed E-state index contributed by atoms with van der Waals surface area (Å²) in [6.07, 6.45) is 0. The second-order valence-electron chi connectivity index (χ2n) is 6.72. The molecule has 8 nitrogen and oxygen atoms in total. The average molecular weight is 384 g/mol. The van der Waals surface area contributed by atoms with Gasteiger partial charge in [-0.2, -0.15) is 0 Å². The standard InChI is InChI=1S/C20H24N4O4/c1-28-17-8-6-16(7-9-17)14-22-10-12-23(13-11-22)15-20(25)21-18-4-2-3-5-19(18)24(26)27/h2-9H,10-15H2,1H3,(H,21,25). The molecular weight excluding hydrogens is 360 g/mol. The molecule has 1 amide bonds. The van der Waals surface area contributed by atoms with Crippen LogP contribution in [0.3, 0.4) is 0 Å². The van der Waals surface area contributed by atoms with Crippen molar-refractivity contribution >= 4 is 17.3 Å². The first-order chi connectivity index (χ1) is 13.5. The summed E-state index contributed by atoms with van der Waals surface area (Å²) in [6, 6.07) is 14.2. The first-order valence-corrected chi connectivity index (χ1v) is 9.16. The maximum atomic E-state index is 12.3. The smallest absolute Gasteiger partial charge is 0.292 e. The molecule has 0 radical (unpaired) electrons. The van der Waals surface area contributed by atoms with Gasteiger partial charge in [-0.25, -0.2) is 0 Å². The van der Waals surface area contributed by atoms with Crippen LogP contribution in [0.15, 0.2) is 48.5 Å². The monoisotopic (exact) mass is 384 g/mol. The highest BCUT2D eigenvalue weighted by Gasteiger charge is 2.20. The minimum absolute atomic E-state index is 0.0971. The zero-order valence-electron chi connectivity index (χ0n) is 15.8. The summed E-state index contributed by atoms with van der Waals surface area (Å²) in [5.74, 6) is 0.608. The lowest BCUT2D eigenvalue weighted by Crippen LogP contribution is -2.48. The van der Waals surface area contributed by atoms with Crippen LogP contribution >= 0.6 is 0 Å². The van der Waals surface area contributed by atoms with Crippen molar-refractivity contribution in [2.45, 2.75) is 6.54 Å². The zero-order valence-corrected chi connectivity index (χ0v) is 15.8. The number of carbonyl (C=O) groups is 1. The van der Waals surface area contributed by atoms with E-state index >= 15 is 0 Å². The number of ether oxygens (including phenoxy) is 1. The molecule has 0 saturated carbocycles. The number of methoxy groups -OCH3 is 1. The van der Waals surface area contributed by atoms with Crippen LogP contribution in [0.1, 0.15) is 5.56 Å². The number of piperazine rings is 1. The van der Waals surface area contributed by atoms with Crippen molar-refractivity contribution in [3.05, 3.63) is 64.2 Å². The number of amides is 1. The molecule has 3 rings (SSSR count). The van der Waals surface area contributed by atoms with Crippen LogP contribution in [0.25, 0.3) is 0 Å². The molecule has 0 spiro atoms. The van der Waals surface area contributed by atoms with E-state index in [2.05, 4.69) is 27.2 Å². The molecule has 28 heavy (non-hydrogen) atoms. The van der Waals surface area contributed by atoms with Gasteiger partial charge in [0.25, 0.3) is 5.69 Å². The van der Waals surface area contributed by atoms with Crippen LogP contribution in [0.4, 0.5) is 11.4 Å². The first-order valence-electron chi connectivity index (χ1n) is 9.16. The van der Waals surface area contributed by atoms with Crippen LogP contribution in [0.5, 0.6) is 5.75 Å². The third-order valence-electron chi connectivity index (χ3n) is 4.77. The van der Waals surface area contributed by atoms with E-state index in [1.54, 1.807) is 25.3 Å². The molecule has 1 saturated heterocycles. The van der Waals surface area contributed by atoms with Crippen molar-refractivity contribution in [1.29, 1.82) is 0 Å². The third kappa shape index (κ3) is 5.28. The predicted molar refractivity (Wildman–Crippen MR) is 106 cm³/mol. The largest absolute Gasteiger partial charge is 0.497 e. The zero-order chi connectivity index (χ0) is 19.9. The maximum absolute atomic E-state index is 12.3. The van der Waals surface area contributed by atoms with E-state index < -0.39 is 4.92 Å². The number of nitro groups is 1. The van der Waals surface area contributed by atoms with E-state index in [1.807, 2.05) is 12.1 Å². The van der Waals surface area contributed by atoms with E-state index in [4.69, 9.17) is 4.74 Å². The number of nitro benzene ring substituents is 1.